The number of carbonyl (C=O) groups is 2. The van der Waals surface area contributed by atoms with Crippen molar-refractivity contribution in [2.45, 2.75) is 32.5 Å². The predicted molar refractivity (Wildman–Crippen MR) is 59.1 cm³/mol. The highest BCUT2D eigenvalue weighted by molar-refractivity contribution is 5.75. The highest BCUT2D eigenvalue weighted by Gasteiger charge is 2.41. The SMILES string of the molecule is CC(C)CN(C)[C@@](C=O)(NC(=O)O)[C@H](C)O. The van der Waals surface area contributed by atoms with Gasteiger partial charge in [-0.3, -0.25) is 15.0 Å². The van der Waals surface area contributed by atoms with E-state index in [1.54, 1.807) is 7.05 Å². The average Bonchev–Trinajstić information content (AvgIpc) is 2.11. The minimum Gasteiger partial charge on any atom is -0.465 e. The van der Waals surface area contributed by atoms with Crippen LogP contribution in [0.5, 0.6) is 0 Å². The number of rotatable bonds is 6. The molecule has 0 heterocycles. The molecule has 0 aromatic carbocycles. The second-order valence-electron chi connectivity index (χ2n) is 4.32. The zero-order chi connectivity index (χ0) is 12.9. The molecular weight excluding hydrogens is 212 g/mol. The molecule has 0 aliphatic rings. The molecule has 0 saturated heterocycles. The van der Waals surface area contributed by atoms with E-state index in [1.165, 1.54) is 11.8 Å². The standard InChI is InChI=1S/C10H20N2O4/c1-7(2)5-12(4)10(6-13,8(3)14)11-9(15)16/h6-8,11,14H,5H2,1-4H3,(H,15,16)/t8-,10+/m0/s1. The van der Waals surface area contributed by atoms with E-state index in [0.29, 0.717) is 12.8 Å². The van der Waals surface area contributed by atoms with Crippen molar-refractivity contribution in [2.24, 2.45) is 5.92 Å². The summed E-state index contributed by atoms with van der Waals surface area (Å²) < 4.78 is 0. The molecule has 0 radical (unpaired) electrons. The van der Waals surface area contributed by atoms with Crippen molar-refractivity contribution in [3.05, 3.63) is 0 Å². The van der Waals surface area contributed by atoms with Crippen LogP contribution in [0.1, 0.15) is 20.8 Å². The van der Waals surface area contributed by atoms with Crippen LogP contribution in [0.2, 0.25) is 0 Å². The number of hydrogen-bond donors (Lipinski definition) is 3. The number of aldehydes is 1. The lowest BCUT2D eigenvalue weighted by atomic mass is 10.0. The Bertz CT molecular complexity index is 255. The number of carbonyl (C=O) groups excluding carboxylic acids is 1. The number of hydrogen-bond acceptors (Lipinski definition) is 4. The third-order valence-corrected chi connectivity index (χ3v) is 2.39. The van der Waals surface area contributed by atoms with Gasteiger partial charge in [0.25, 0.3) is 0 Å². The molecule has 0 fully saturated rings. The number of likely N-dealkylation sites (N-methyl/N-ethyl adjacent to an activating group) is 1. The summed E-state index contributed by atoms with van der Waals surface area (Å²) in [4.78, 5) is 23.3. The van der Waals surface area contributed by atoms with Gasteiger partial charge >= 0.3 is 6.09 Å². The van der Waals surface area contributed by atoms with E-state index in [9.17, 15) is 14.7 Å². The number of aliphatic hydroxyl groups is 1. The number of aliphatic hydroxyl groups excluding tert-OH is 1. The number of carboxylic acid groups (broad SMARTS) is 1. The van der Waals surface area contributed by atoms with Crippen molar-refractivity contribution in [2.75, 3.05) is 13.6 Å². The fourth-order valence-electron chi connectivity index (χ4n) is 1.61. The van der Waals surface area contributed by atoms with Gasteiger partial charge in [0.05, 0.1) is 6.10 Å². The van der Waals surface area contributed by atoms with E-state index in [1.807, 2.05) is 13.8 Å². The first-order valence-corrected chi connectivity index (χ1v) is 5.13. The maximum Gasteiger partial charge on any atom is 0.406 e. The molecule has 0 saturated carbocycles. The third kappa shape index (κ3) is 3.46. The highest BCUT2D eigenvalue weighted by Crippen LogP contribution is 2.15. The van der Waals surface area contributed by atoms with Gasteiger partial charge in [0.1, 0.15) is 0 Å². The maximum absolute atomic E-state index is 11.1. The Labute approximate surface area is 95.2 Å². The monoisotopic (exact) mass is 232 g/mol. The molecule has 0 aromatic rings. The normalized spacial score (nSPS) is 16.9. The maximum atomic E-state index is 11.1. The van der Waals surface area contributed by atoms with Crippen LogP contribution in [0.25, 0.3) is 0 Å². The first kappa shape index (κ1) is 14.9. The molecule has 0 rings (SSSR count). The number of nitrogens with zero attached hydrogens (tertiary/aromatic N) is 1. The number of nitrogens with one attached hydrogen (secondary N) is 1. The lowest BCUT2D eigenvalue weighted by molar-refractivity contribution is -0.128. The molecule has 0 aliphatic carbocycles. The molecule has 1 amide bonds. The first-order valence-electron chi connectivity index (χ1n) is 5.13. The third-order valence-electron chi connectivity index (χ3n) is 2.39. The van der Waals surface area contributed by atoms with Gasteiger partial charge in [0.15, 0.2) is 11.9 Å². The molecule has 6 heteroatoms. The van der Waals surface area contributed by atoms with E-state index < -0.39 is 17.9 Å². The Morgan fingerprint density at radius 3 is 2.25 bits per heavy atom. The smallest absolute Gasteiger partial charge is 0.406 e. The highest BCUT2D eigenvalue weighted by atomic mass is 16.4. The fraction of sp³-hybridized carbons (Fsp3) is 0.800. The van der Waals surface area contributed by atoms with Gasteiger partial charge in [-0.1, -0.05) is 13.8 Å². The summed E-state index contributed by atoms with van der Waals surface area (Å²) in [5.74, 6) is 0.249. The minimum atomic E-state index is -1.59. The second kappa shape index (κ2) is 5.81. The molecule has 0 bridgehead atoms. The van der Waals surface area contributed by atoms with E-state index >= 15 is 0 Å². The van der Waals surface area contributed by atoms with Crippen molar-refractivity contribution < 1.29 is 19.8 Å². The molecule has 6 nitrogen and oxygen atoms in total. The van der Waals surface area contributed by atoms with Crippen LogP contribution in [0.4, 0.5) is 4.79 Å². The topological polar surface area (TPSA) is 89.9 Å². The van der Waals surface area contributed by atoms with Crippen LogP contribution in [0.3, 0.4) is 0 Å². The van der Waals surface area contributed by atoms with E-state index in [-0.39, 0.29) is 5.92 Å². The lowest BCUT2D eigenvalue weighted by Crippen LogP contribution is -2.67. The molecule has 3 N–H and O–H groups in total. The molecule has 16 heavy (non-hydrogen) atoms. The summed E-state index contributed by atoms with van der Waals surface area (Å²) >= 11 is 0. The van der Waals surface area contributed by atoms with Gasteiger partial charge in [0.2, 0.25) is 0 Å². The summed E-state index contributed by atoms with van der Waals surface area (Å²) in [6.07, 6.45) is -2.05. The van der Waals surface area contributed by atoms with Crippen LogP contribution < -0.4 is 5.32 Å². The van der Waals surface area contributed by atoms with Crippen molar-refractivity contribution in [1.82, 2.24) is 10.2 Å². The zero-order valence-corrected chi connectivity index (χ0v) is 10.1. The molecule has 0 aliphatic heterocycles. The Hall–Kier alpha value is -1.14. The average molecular weight is 232 g/mol. The van der Waals surface area contributed by atoms with Crippen molar-refractivity contribution in [1.29, 1.82) is 0 Å². The van der Waals surface area contributed by atoms with E-state index in [0.717, 1.165) is 0 Å². The lowest BCUT2D eigenvalue weighted by Gasteiger charge is -2.40. The van der Waals surface area contributed by atoms with Gasteiger partial charge in [0, 0.05) is 6.54 Å². The zero-order valence-electron chi connectivity index (χ0n) is 10.1. The molecule has 2 atom stereocenters. The van der Waals surface area contributed by atoms with Gasteiger partial charge in [-0.05, 0) is 19.9 Å². The van der Waals surface area contributed by atoms with Crippen molar-refractivity contribution in [3.8, 4) is 0 Å². The Morgan fingerprint density at radius 1 is 1.50 bits per heavy atom. The van der Waals surface area contributed by atoms with Crippen molar-refractivity contribution >= 4 is 12.4 Å². The quantitative estimate of drug-likeness (QED) is 0.447. The summed E-state index contributed by atoms with van der Waals surface area (Å²) in [6.45, 7) is 5.74. The molecule has 0 aromatic heterocycles. The Balaban J connectivity index is 5.02. The largest absolute Gasteiger partial charge is 0.465 e. The fourth-order valence-corrected chi connectivity index (χ4v) is 1.61. The van der Waals surface area contributed by atoms with Gasteiger partial charge in [-0.25, -0.2) is 4.79 Å². The molecular formula is C10H20N2O4. The molecule has 0 unspecified atom stereocenters. The Kier molecular flexibility index (Phi) is 5.40. The Morgan fingerprint density at radius 2 is 2.00 bits per heavy atom. The minimum absolute atomic E-state index is 0.249. The van der Waals surface area contributed by atoms with Gasteiger partial charge < -0.3 is 10.2 Å². The van der Waals surface area contributed by atoms with Crippen LogP contribution >= 0.6 is 0 Å². The van der Waals surface area contributed by atoms with E-state index in [2.05, 4.69) is 5.32 Å². The molecule has 0 spiro atoms. The van der Waals surface area contributed by atoms with Crippen LogP contribution in [0, 0.1) is 5.92 Å². The van der Waals surface area contributed by atoms with Crippen LogP contribution in [-0.2, 0) is 4.79 Å². The van der Waals surface area contributed by atoms with Gasteiger partial charge in [-0.15, -0.1) is 0 Å². The summed E-state index contributed by atoms with van der Waals surface area (Å²) in [6, 6.07) is 0. The van der Waals surface area contributed by atoms with Gasteiger partial charge in [-0.2, -0.15) is 0 Å². The predicted octanol–water partition coefficient (Wildman–Crippen LogP) is 0.118. The first-order chi connectivity index (χ1) is 7.26. The number of amides is 1. The second-order valence-corrected chi connectivity index (χ2v) is 4.32. The molecule has 94 valence electrons. The van der Waals surface area contributed by atoms with Crippen LogP contribution in [0.15, 0.2) is 0 Å². The summed E-state index contributed by atoms with van der Waals surface area (Å²) in [5.41, 5.74) is -1.59. The summed E-state index contributed by atoms with van der Waals surface area (Å²) in [5, 5.41) is 20.4. The van der Waals surface area contributed by atoms with E-state index in [4.69, 9.17) is 5.11 Å². The summed E-state index contributed by atoms with van der Waals surface area (Å²) in [7, 11) is 1.59. The van der Waals surface area contributed by atoms with Crippen molar-refractivity contribution in [3.63, 3.8) is 0 Å². The van der Waals surface area contributed by atoms with Crippen LogP contribution in [-0.4, -0.2) is 52.9 Å².